The van der Waals surface area contributed by atoms with Crippen molar-refractivity contribution in [2.24, 2.45) is 0 Å². The number of para-hydroxylation sites is 1. The maximum Gasteiger partial charge on any atom is 0.107 e. The number of anilines is 2. The van der Waals surface area contributed by atoms with E-state index in [0.717, 1.165) is 44.1 Å². The molecule has 276 valence electrons. The Labute approximate surface area is 345 Å². The molecule has 4 nitrogen and oxygen atoms in total. The first-order valence-corrected chi connectivity index (χ1v) is 19.8. The minimum absolute atomic E-state index is 0. The number of ether oxygens (including phenoxy) is 1. The summed E-state index contributed by atoms with van der Waals surface area (Å²) in [5, 5.41) is 5.09. The van der Waals surface area contributed by atoms with Gasteiger partial charge in [0.2, 0.25) is 0 Å². The number of benzene rings is 5. The summed E-state index contributed by atoms with van der Waals surface area (Å²) >= 11 is 3.37. The van der Waals surface area contributed by atoms with Gasteiger partial charge in [0.05, 0.1) is 0 Å². The monoisotopic (exact) mass is 931 g/mol. The molecule has 0 radical (unpaired) electrons. The number of aromatic nitrogens is 1. The molecular formula is C48H38N3OPtS2-3. The molecule has 4 heterocycles. The zero-order valence-corrected chi connectivity index (χ0v) is 35.1. The summed E-state index contributed by atoms with van der Waals surface area (Å²) in [5.41, 5.74) is 12.3. The van der Waals surface area contributed by atoms with Gasteiger partial charge in [-0.05, 0) is 58.9 Å². The minimum atomic E-state index is 0. The summed E-state index contributed by atoms with van der Waals surface area (Å²) in [5.74, 6) is 0.637. The Kier molecular flexibility index (Phi) is 10.0. The fourth-order valence-corrected chi connectivity index (χ4v) is 9.09. The van der Waals surface area contributed by atoms with Crippen LogP contribution in [0.5, 0.6) is 10.8 Å². The zero-order chi connectivity index (χ0) is 37.0. The normalized spacial score (nSPS) is 13.2. The Balaban J connectivity index is 0.00000427. The van der Waals surface area contributed by atoms with Crippen LogP contribution in [0.2, 0.25) is 0 Å². The third-order valence-corrected chi connectivity index (χ3v) is 12.0. The largest absolute Gasteiger partial charge is 0.497 e. The van der Waals surface area contributed by atoms with Crippen LogP contribution in [-0.2, 0) is 26.5 Å². The van der Waals surface area contributed by atoms with E-state index >= 15 is 0 Å². The van der Waals surface area contributed by atoms with Crippen LogP contribution in [0.15, 0.2) is 144 Å². The van der Waals surface area contributed by atoms with Crippen molar-refractivity contribution >= 4 is 54.2 Å². The topological polar surface area (TPSA) is 28.6 Å². The van der Waals surface area contributed by atoms with Crippen molar-refractivity contribution in [1.29, 1.82) is 0 Å². The molecule has 0 N–H and O–H groups in total. The molecule has 9 rings (SSSR count). The number of fused-ring (bicyclic) bond motifs is 3. The van der Waals surface area contributed by atoms with Gasteiger partial charge in [0, 0.05) is 71.6 Å². The van der Waals surface area contributed by atoms with E-state index < -0.39 is 0 Å². The predicted molar refractivity (Wildman–Crippen MR) is 228 cm³/mol. The van der Waals surface area contributed by atoms with Crippen LogP contribution in [0.4, 0.5) is 11.4 Å². The first-order valence-electron chi connectivity index (χ1n) is 18.1. The standard InChI is InChI=1S/C48H38N3OS2.Pt/c1-31-32(2)51(46-38(33-14-8-6-9-15-33)20-13-21-39(46)34-16-10-7-11-17-34)30-50(31)36-18-12-19-37(27-36)52-45-29-42-41(28-44-40(23-25-53-44)47(42)54-45)43-26-35(22-24-49-43)48(3,4)5;/h6-26,28,30H,1-5H3;/q-3;. The van der Waals surface area contributed by atoms with Gasteiger partial charge in [-0.3, -0.25) is 4.98 Å². The second kappa shape index (κ2) is 14.9. The predicted octanol–water partition coefficient (Wildman–Crippen LogP) is 13.9. The quantitative estimate of drug-likeness (QED) is 0.149. The minimum Gasteiger partial charge on any atom is -0.497 e. The summed E-state index contributed by atoms with van der Waals surface area (Å²) in [6.07, 6.45) is 1.92. The van der Waals surface area contributed by atoms with Crippen LogP contribution in [0.1, 0.15) is 40.2 Å². The Morgan fingerprint density at radius 1 is 0.709 bits per heavy atom. The number of nitrogens with zero attached hydrogens (tertiary/aromatic N) is 3. The molecule has 0 saturated carbocycles. The van der Waals surface area contributed by atoms with Gasteiger partial charge in [0.25, 0.3) is 0 Å². The fraction of sp³-hybridized carbons (Fsp3) is 0.125. The van der Waals surface area contributed by atoms with Crippen LogP contribution in [-0.4, -0.2) is 4.98 Å². The van der Waals surface area contributed by atoms with E-state index in [1.165, 1.54) is 37.9 Å². The molecule has 0 spiro atoms. The summed E-state index contributed by atoms with van der Waals surface area (Å²) in [4.78, 5) is 9.34. The van der Waals surface area contributed by atoms with E-state index in [1.54, 1.807) is 22.7 Å². The Bertz CT molecular complexity index is 2630. The van der Waals surface area contributed by atoms with Crippen LogP contribution in [0, 0.1) is 18.8 Å². The van der Waals surface area contributed by atoms with Gasteiger partial charge in [-0.25, -0.2) is 0 Å². The molecule has 0 aliphatic carbocycles. The van der Waals surface area contributed by atoms with E-state index in [1.807, 2.05) is 18.3 Å². The van der Waals surface area contributed by atoms with E-state index in [9.17, 15) is 0 Å². The van der Waals surface area contributed by atoms with Crippen LogP contribution in [0.3, 0.4) is 0 Å². The van der Waals surface area contributed by atoms with Crippen molar-refractivity contribution < 1.29 is 25.8 Å². The van der Waals surface area contributed by atoms with Gasteiger partial charge in [0.15, 0.2) is 0 Å². The molecule has 1 aliphatic rings. The smallest absolute Gasteiger partial charge is 0.107 e. The van der Waals surface area contributed by atoms with E-state index in [4.69, 9.17) is 9.72 Å². The first-order chi connectivity index (χ1) is 26.2. The summed E-state index contributed by atoms with van der Waals surface area (Å²) in [6.45, 7) is 13.2. The van der Waals surface area contributed by atoms with Crippen molar-refractivity contribution in [3.8, 4) is 44.3 Å². The number of rotatable bonds is 7. The molecule has 0 fully saturated rings. The van der Waals surface area contributed by atoms with Crippen molar-refractivity contribution in [3.63, 3.8) is 0 Å². The number of allylic oxidation sites excluding steroid dienone is 2. The second-order valence-electron chi connectivity index (χ2n) is 14.6. The maximum absolute atomic E-state index is 6.61. The Hall–Kier alpha value is -5.00. The third-order valence-electron chi connectivity index (χ3n) is 10.2. The van der Waals surface area contributed by atoms with Gasteiger partial charge >= 0.3 is 0 Å². The van der Waals surface area contributed by atoms with E-state index in [2.05, 4.69) is 178 Å². The zero-order valence-electron chi connectivity index (χ0n) is 31.2. The fourth-order valence-electron chi connectivity index (χ4n) is 7.17. The average molecular weight is 932 g/mol. The maximum atomic E-state index is 6.61. The number of hydrogen-bond donors (Lipinski definition) is 0. The molecule has 0 atom stereocenters. The van der Waals surface area contributed by atoms with Crippen molar-refractivity contribution in [2.45, 2.75) is 40.0 Å². The van der Waals surface area contributed by atoms with Crippen molar-refractivity contribution in [1.82, 2.24) is 4.98 Å². The molecule has 0 unspecified atom stereocenters. The Morgan fingerprint density at radius 3 is 2.07 bits per heavy atom. The number of thiophene rings is 2. The van der Waals surface area contributed by atoms with E-state index in [0.29, 0.717) is 10.8 Å². The van der Waals surface area contributed by atoms with Crippen LogP contribution >= 0.6 is 22.7 Å². The summed E-state index contributed by atoms with van der Waals surface area (Å²) in [6, 6.07) is 49.9. The van der Waals surface area contributed by atoms with Gasteiger partial charge < -0.3 is 14.5 Å². The SMILES string of the molecule is CC1=C(C)N(c2c(-c3ccccc3)cccc2-c2ccccc2)[CH-]N1c1[c-]c(Oc2[c-]c3c(-c4cc(C(C)(C)C)ccn4)cc4sccc4c3s2)ccc1.[Pt]. The van der Waals surface area contributed by atoms with E-state index in [-0.39, 0.29) is 26.5 Å². The Morgan fingerprint density at radius 2 is 1.38 bits per heavy atom. The van der Waals surface area contributed by atoms with Crippen molar-refractivity contribution in [3.05, 3.63) is 169 Å². The molecule has 0 saturated heterocycles. The van der Waals surface area contributed by atoms with Crippen LogP contribution in [0.25, 0.3) is 53.7 Å². The molecule has 8 aromatic rings. The molecule has 55 heavy (non-hydrogen) atoms. The molecule has 0 bridgehead atoms. The third kappa shape index (κ3) is 6.93. The van der Waals surface area contributed by atoms with Gasteiger partial charge in [-0.15, -0.1) is 48.0 Å². The molecule has 3 aromatic heterocycles. The summed E-state index contributed by atoms with van der Waals surface area (Å²) < 4.78 is 8.99. The molecule has 1 aliphatic heterocycles. The first kappa shape index (κ1) is 36.9. The van der Waals surface area contributed by atoms with Crippen LogP contribution < -0.4 is 14.5 Å². The summed E-state index contributed by atoms with van der Waals surface area (Å²) in [7, 11) is 0. The number of hydrogen-bond acceptors (Lipinski definition) is 6. The molecule has 0 amide bonds. The molecule has 7 heteroatoms. The molecular weight excluding hydrogens is 894 g/mol. The number of pyridine rings is 1. The van der Waals surface area contributed by atoms with Crippen molar-refractivity contribution in [2.75, 3.05) is 9.80 Å². The average Bonchev–Trinajstić information content (AvgIpc) is 3.92. The molecule has 5 aromatic carbocycles. The van der Waals surface area contributed by atoms with Gasteiger partial charge in [-0.1, -0.05) is 122 Å². The second-order valence-corrected chi connectivity index (χ2v) is 16.5. The van der Waals surface area contributed by atoms with Gasteiger partial charge in [0.1, 0.15) is 5.06 Å². The van der Waals surface area contributed by atoms with Gasteiger partial charge in [-0.2, -0.15) is 22.8 Å².